The molecule has 1 fully saturated rings. The number of fused-ring (bicyclic) bond motifs is 1. The average molecular weight is 201 g/mol. The Bertz CT molecular complexity index is 366. The van der Waals surface area contributed by atoms with Crippen LogP contribution in [-0.2, 0) is 13.0 Å². The Kier molecular flexibility index (Phi) is 2.28. The normalized spacial score (nSPS) is 22.2. The van der Waals surface area contributed by atoms with Crippen LogP contribution < -0.4 is 0 Å². The van der Waals surface area contributed by atoms with Gasteiger partial charge in [0.25, 0.3) is 0 Å². The van der Waals surface area contributed by atoms with E-state index < -0.39 is 0 Å². The molecule has 1 nitrogen and oxygen atoms in total. The van der Waals surface area contributed by atoms with Gasteiger partial charge in [0.15, 0.2) is 0 Å². The van der Waals surface area contributed by atoms with E-state index in [4.69, 9.17) is 0 Å². The summed E-state index contributed by atoms with van der Waals surface area (Å²) in [7, 11) is 0. The smallest absolute Gasteiger partial charge is 0.0239 e. The fourth-order valence-corrected chi connectivity index (χ4v) is 2.89. The molecule has 0 bridgehead atoms. The summed E-state index contributed by atoms with van der Waals surface area (Å²) in [4.78, 5) is 2.69. The summed E-state index contributed by atoms with van der Waals surface area (Å²) in [5, 5.41) is 0. The Hall–Kier alpha value is -0.820. The quantitative estimate of drug-likeness (QED) is 0.675. The van der Waals surface area contributed by atoms with E-state index in [-0.39, 0.29) is 0 Å². The van der Waals surface area contributed by atoms with E-state index in [1.807, 2.05) is 0 Å². The van der Waals surface area contributed by atoms with Crippen LogP contribution in [0, 0.1) is 6.92 Å². The van der Waals surface area contributed by atoms with Gasteiger partial charge in [-0.3, -0.25) is 4.90 Å². The zero-order chi connectivity index (χ0) is 10.3. The van der Waals surface area contributed by atoms with Crippen molar-refractivity contribution in [3.63, 3.8) is 0 Å². The second kappa shape index (κ2) is 3.64. The van der Waals surface area contributed by atoms with Crippen LogP contribution in [0.5, 0.6) is 0 Å². The largest absolute Gasteiger partial charge is 0.296 e. The maximum atomic E-state index is 2.69. The maximum Gasteiger partial charge on any atom is 0.0239 e. The molecule has 0 amide bonds. The van der Waals surface area contributed by atoms with Crippen LogP contribution in [-0.4, -0.2) is 17.5 Å². The van der Waals surface area contributed by atoms with Gasteiger partial charge in [-0.2, -0.15) is 0 Å². The van der Waals surface area contributed by atoms with Crippen molar-refractivity contribution in [2.45, 2.75) is 45.2 Å². The van der Waals surface area contributed by atoms with Crippen LogP contribution in [0.25, 0.3) is 0 Å². The second-order valence-electron chi connectivity index (χ2n) is 5.02. The van der Waals surface area contributed by atoms with Crippen molar-refractivity contribution in [2.24, 2.45) is 0 Å². The maximum absolute atomic E-state index is 2.69. The minimum atomic E-state index is 0.902. The summed E-state index contributed by atoms with van der Waals surface area (Å²) in [6.07, 6.45) is 5.57. The second-order valence-corrected chi connectivity index (χ2v) is 5.02. The summed E-state index contributed by atoms with van der Waals surface area (Å²) in [5.41, 5.74) is 4.68. The topological polar surface area (TPSA) is 3.24 Å². The van der Waals surface area contributed by atoms with Gasteiger partial charge in [-0.05, 0) is 42.9 Å². The van der Waals surface area contributed by atoms with E-state index in [0.717, 1.165) is 6.04 Å². The molecule has 80 valence electrons. The Morgan fingerprint density at radius 1 is 1.27 bits per heavy atom. The van der Waals surface area contributed by atoms with Crippen molar-refractivity contribution in [1.82, 2.24) is 4.90 Å². The Labute approximate surface area is 92.1 Å². The molecule has 0 saturated heterocycles. The van der Waals surface area contributed by atoms with E-state index in [9.17, 15) is 0 Å². The zero-order valence-corrected chi connectivity index (χ0v) is 9.50. The van der Waals surface area contributed by atoms with Gasteiger partial charge in [0.05, 0.1) is 0 Å². The van der Waals surface area contributed by atoms with Crippen molar-refractivity contribution in [2.75, 3.05) is 6.54 Å². The third kappa shape index (κ3) is 1.59. The Morgan fingerprint density at radius 2 is 2.13 bits per heavy atom. The minimum absolute atomic E-state index is 0.902. The molecule has 0 N–H and O–H groups in total. The molecule has 1 aliphatic heterocycles. The standard InChI is InChI=1S/C14H19N/c1-11-4-2-5-12-10-15(9-8-14(11)12)13-6-3-7-13/h2,4-5,13H,3,6-10H2,1H3. The Morgan fingerprint density at radius 3 is 2.87 bits per heavy atom. The third-order valence-corrected chi connectivity index (χ3v) is 4.12. The molecule has 1 heterocycles. The van der Waals surface area contributed by atoms with Crippen LogP contribution in [0.1, 0.15) is 36.0 Å². The first-order valence-corrected chi connectivity index (χ1v) is 6.16. The molecule has 1 heteroatoms. The number of aryl methyl sites for hydroxylation is 1. The molecule has 0 unspecified atom stereocenters. The number of benzene rings is 1. The first-order chi connectivity index (χ1) is 7.34. The first-order valence-electron chi connectivity index (χ1n) is 6.16. The van der Waals surface area contributed by atoms with Crippen LogP contribution in [0.2, 0.25) is 0 Å². The van der Waals surface area contributed by atoms with E-state index in [1.54, 1.807) is 11.1 Å². The fraction of sp³-hybridized carbons (Fsp3) is 0.571. The van der Waals surface area contributed by atoms with E-state index in [2.05, 4.69) is 30.0 Å². The molecule has 0 aromatic heterocycles. The highest BCUT2D eigenvalue weighted by molar-refractivity contribution is 5.36. The molecule has 1 aromatic carbocycles. The minimum Gasteiger partial charge on any atom is -0.296 e. The van der Waals surface area contributed by atoms with Crippen molar-refractivity contribution < 1.29 is 0 Å². The highest BCUT2D eigenvalue weighted by Gasteiger charge is 2.27. The van der Waals surface area contributed by atoms with Crippen molar-refractivity contribution in [1.29, 1.82) is 0 Å². The predicted octanol–water partition coefficient (Wildman–Crippen LogP) is 2.91. The van der Waals surface area contributed by atoms with Gasteiger partial charge in [-0.15, -0.1) is 0 Å². The van der Waals surface area contributed by atoms with E-state index in [0.29, 0.717) is 0 Å². The summed E-state index contributed by atoms with van der Waals surface area (Å²) < 4.78 is 0. The summed E-state index contributed by atoms with van der Waals surface area (Å²) >= 11 is 0. The first kappa shape index (κ1) is 9.41. The third-order valence-electron chi connectivity index (χ3n) is 4.12. The lowest BCUT2D eigenvalue weighted by Crippen LogP contribution is -2.43. The number of hydrogen-bond donors (Lipinski definition) is 0. The molecular formula is C14H19N. The lowest BCUT2D eigenvalue weighted by atomic mass is 9.88. The monoisotopic (exact) mass is 201 g/mol. The summed E-state index contributed by atoms with van der Waals surface area (Å²) in [6.45, 7) is 4.72. The molecular weight excluding hydrogens is 182 g/mol. The molecule has 0 atom stereocenters. The molecule has 1 aromatic rings. The van der Waals surface area contributed by atoms with Gasteiger partial charge < -0.3 is 0 Å². The predicted molar refractivity (Wildman–Crippen MR) is 62.9 cm³/mol. The SMILES string of the molecule is Cc1cccc2c1CCN(C1CCC1)C2. The lowest BCUT2D eigenvalue weighted by molar-refractivity contribution is 0.113. The molecule has 1 aliphatic carbocycles. The van der Waals surface area contributed by atoms with Crippen molar-refractivity contribution >= 4 is 0 Å². The number of hydrogen-bond acceptors (Lipinski definition) is 1. The highest BCUT2D eigenvalue weighted by atomic mass is 15.2. The lowest BCUT2D eigenvalue weighted by Gasteiger charge is -2.40. The molecule has 15 heavy (non-hydrogen) atoms. The highest BCUT2D eigenvalue weighted by Crippen LogP contribution is 2.30. The van der Waals surface area contributed by atoms with Crippen molar-refractivity contribution in [3.05, 3.63) is 34.9 Å². The van der Waals surface area contributed by atoms with Gasteiger partial charge in [0, 0.05) is 19.1 Å². The van der Waals surface area contributed by atoms with Crippen molar-refractivity contribution in [3.8, 4) is 0 Å². The van der Waals surface area contributed by atoms with Crippen LogP contribution in [0.3, 0.4) is 0 Å². The molecule has 2 aliphatic rings. The van der Waals surface area contributed by atoms with E-state index in [1.165, 1.54) is 44.3 Å². The molecule has 1 saturated carbocycles. The summed E-state index contributed by atoms with van der Waals surface area (Å²) in [5.74, 6) is 0. The molecule has 0 radical (unpaired) electrons. The van der Waals surface area contributed by atoms with Crippen LogP contribution in [0.15, 0.2) is 18.2 Å². The average Bonchev–Trinajstić information content (AvgIpc) is 2.15. The van der Waals surface area contributed by atoms with Crippen LogP contribution in [0.4, 0.5) is 0 Å². The number of rotatable bonds is 1. The van der Waals surface area contributed by atoms with Gasteiger partial charge >= 0.3 is 0 Å². The van der Waals surface area contributed by atoms with Gasteiger partial charge in [-0.1, -0.05) is 24.6 Å². The number of nitrogens with zero attached hydrogens (tertiary/aromatic N) is 1. The summed E-state index contributed by atoms with van der Waals surface area (Å²) in [6, 6.07) is 7.67. The molecule has 0 spiro atoms. The van der Waals surface area contributed by atoms with Crippen LogP contribution >= 0.6 is 0 Å². The Balaban J connectivity index is 1.83. The zero-order valence-electron chi connectivity index (χ0n) is 9.50. The van der Waals surface area contributed by atoms with Gasteiger partial charge in [0.1, 0.15) is 0 Å². The van der Waals surface area contributed by atoms with Gasteiger partial charge in [-0.25, -0.2) is 0 Å². The molecule has 3 rings (SSSR count). The fourth-order valence-electron chi connectivity index (χ4n) is 2.89. The van der Waals surface area contributed by atoms with E-state index >= 15 is 0 Å². The van der Waals surface area contributed by atoms with Gasteiger partial charge in [0.2, 0.25) is 0 Å².